The van der Waals surface area contributed by atoms with Gasteiger partial charge in [-0.25, -0.2) is 0 Å². The lowest BCUT2D eigenvalue weighted by atomic mass is 10.1. The number of ether oxygens (including phenoxy) is 2. The molecule has 1 aromatic carbocycles. The van der Waals surface area contributed by atoms with Gasteiger partial charge in [0.25, 0.3) is 5.56 Å². The van der Waals surface area contributed by atoms with Crippen LogP contribution >= 0.6 is 0 Å². The van der Waals surface area contributed by atoms with Gasteiger partial charge in [-0.05, 0) is 29.8 Å². The Bertz CT molecular complexity index is 694. The fourth-order valence-electron chi connectivity index (χ4n) is 1.89. The van der Waals surface area contributed by atoms with Crippen molar-refractivity contribution in [3.8, 4) is 11.5 Å². The van der Waals surface area contributed by atoms with E-state index in [0.717, 1.165) is 5.56 Å². The second-order valence-electron chi connectivity index (χ2n) is 4.33. The molecule has 0 aliphatic carbocycles. The topological polar surface area (TPSA) is 80.4 Å². The normalized spacial score (nSPS) is 10.0. The lowest BCUT2D eigenvalue weighted by Gasteiger charge is -2.09. The number of aromatic nitrogens is 1. The Kier molecular flexibility index (Phi) is 4.61. The highest BCUT2D eigenvalue weighted by molar-refractivity contribution is 5.92. The minimum atomic E-state index is -0.335. The van der Waals surface area contributed by atoms with Crippen LogP contribution in [0.4, 0.5) is 5.69 Å². The molecular formula is C15H16N2O4. The Balaban J connectivity index is 2.10. The Morgan fingerprint density at radius 1 is 1.19 bits per heavy atom. The molecule has 1 heterocycles. The van der Waals surface area contributed by atoms with E-state index in [9.17, 15) is 9.59 Å². The van der Waals surface area contributed by atoms with E-state index in [0.29, 0.717) is 11.5 Å². The lowest BCUT2D eigenvalue weighted by molar-refractivity contribution is -0.115. The number of carbonyl (C=O) groups is 1. The zero-order valence-corrected chi connectivity index (χ0v) is 11.8. The molecule has 1 amide bonds. The van der Waals surface area contributed by atoms with Gasteiger partial charge in [-0.3, -0.25) is 9.59 Å². The fraction of sp³-hybridized carbons (Fsp3) is 0.200. The number of hydrogen-bond acceptors (Lipinski definition) is 4. The Labute approximate surface area is 121 Å². The van der Waals surface area contributed by atoms with Crippen molar-refractivity contribution < 1.29 is 14.3 Å². The van der Waals surface area contributed by atoms with Crippen LogP contribution in [-0.4, -0.2) is 25.1 Å². The third-order valence-corrected chi connectivity index (χ3v) is 2.90. The molecular weight excluding hydrogens is 272 g/mol. The summed E-state index contributed by atoms with van der Waals surface area (Å²) in [4.78, 5) is 25.9. The van der Waals surface area contributed by atoms with E-state index in [-0.39, 0.29) is 23.6 Å². The van der Waals surface area contributed by atoms with Gasteiger partial charge in [-0.2, -0.15) is 0 Å². The van der Waals surface area contributed by atoms with E-state index < -0.39 is 0 Å². The molecule has 0 fully saturated rings. The van der Waals surface area contributed by atoms with Crippen molar-refractivity contribution in [2.75, 3.05) is 19.5 Å². The first kappa shape index (κ1) is 14.6. The zero-order valence-electron chi connectivity index (χ0n) is 11.8. The van der Waals surface area contributed by atoms with Crippen molar-refractivity contribution in [3.05, 3.63) is 52.4 Å². The molecule has 0 spiro atoms. The van der Waals surface area contributed by atoms with Gasteiger partial charge in [-0.1, -0.05) is 6.07 Å². The standard InChI is InChI=1S/C15H16N2O4/c1-20-12-6-5-10(8-13(12)21-2)9-14(18)17-11-4-3-7-16-15(11)19/h3-8H,9H2,1-2H3,(H,16,19)(H,17,18). The second-order valence-corrected chi connectivity index (χ2v) is 4.33. The molecule has 6 nitrogen and oxygen atoms in total. The van der Waals surface area contributed by atoms with Crippen LogP contribution in [0.15, 0.2) is 41.3 Å². The number of carbonyl (C=O) groups excluding carboxylic acids is 1. The largest absolute Gasteiger partial charge is 0.493 e. The summed E-state index contributed by atoms with van der Waals surface area (Å²) in [6.07, 6.45) is 1.64. The van der Waals surface area contributed by atoms with Gasteiger partial charge < -0.3 is 19.8 Å². The van der Waals surface area contributed by atoms with E-state index >= 15 is 0 Å². The molecule has 6 heteroatoms. The highest BCUT2D eigenvalue weighted by Crippen LogP contribution is 2.27. The number of amides is 1. The van der Waals surface area contributed by atoms with Gasteiger partial charge in [0.05, 0.1) is 20.6 Å². The number of H-pyrrole nitrogens is 1. The van der Waals surface area contributed by atoms with Gasteiger partial charge in [0.2, 0.25) is 5.91 Å². The van der Waals surface area contributed by atoms with Crippen LogP contribution in [0, 0.1) is 0 Å². The Morgan fingerprint density at radius 2 is 1.95 bits per heavy atom. The van der Waals surface area contributed by atoms with E-state index in [1.165, 1.54) is 13.3 Å². The predicted octanol–water partition coefficient (Wildman–Crippen LogP) is 1.57. The highest BCUT2D eigenvalue weighted by Gasteiger charge is 2.09. The summed E-state index contributed by atoms with van der Waals surface area (Å²) in [5.41, 5.74) is 0.652. The lowest BCUT2D eigenvalue weighted by Crippen LogP contribution is -2.20. The minimum absolute atomic E-state index is 0.134. The first-order valence-corrected chi connectivity index (χ1v) is 6.32. The first-order chi connectivity index (χ1) is 10.1. The average Bonchev–Trinajstić information content (AvgIpc) is 2.49. The minimum Gasteiger partial charge on any atom is -0.493 e. The van der Waals surface area contributed by atoms with Crippen LogP contribution < -0.4 is 20.3 Å². The predicted molar refractivity (Wildman–Crippen MR) is 78.9 cm³/mol. The summed E-state index contributed by atoms with van der Waals surface area (Å²) in [7, 11) is 3.08. The summed E-state index contributed by atoms with van der Waals surface area (Å²) in [6, 6.07) is 8.43. The summed E-state index contributed by atoms with van der Waals surface area (Å²) in [5.74, 6) is 0.875. The smallest absolute Gasteiger partial charge is 0.271 e. The van der Waals surface area contributed by atoms with Gasteiger partial charge in [0, 0.05) is 6.20 Å². The van der Waals surface area contributed by atoms with Crippen molar-refractivity contribution in [3.63, 3.8) is 0 Å². The van der Waals surface area contributed by atoms with Gasteiger partial charge in [0.15, 0.2) is 11.5 Å². The average molecular weight is 288 g/mol. The molecule has 0 atom stereocenters. The number of pyridine rings is 1. The molecule has 0 aliphatic rings. The van der Waals surface area contributed by atoms with Crippen molar-refractivity contribution in [2.24, 2.45) is 0 Å². The summed E-state index contributed by atoms with van der Waals surface area (Å²) in [5, 5.41) is 2.57. The number of rotatable bonds is 5. The van der Waals surface area contributed by atoms with Gasteiger partial charge in [0.1, 0.15) is 5.69 Å². The van der Waals surface area contributed by atoms with Crippen molar-refractivity contribution >= 4 is 11.6 Å². The third kappa shape index (κ3) is 3.62. The number of nitrogens with one attached hydrogen (secondary N) is 2. The maximum Gasteiger partial charge on any atom is 0.271 e. The van der Waals surface area contributed by atoms with E-state index in [1.54, 1.807) is 37.4 Å². The molecule has 2 rings (SSSR count). The Morgan fingerprint density at radius 3 is 2.62 bits per heavy atom. The molecule has 110 valence electrons. The van der Waals surface area contributed by atoms with Gasteiger partial charge in [-0.15, -0.1) is 0 Å². The number of anilines is 1. The van der Waals surface area contributed by atoms with Crippen molar-refractivity contribution in [1.29, 1.82) is 0 Å². The number of benzene rings is 1. The molecule has 2 aromatic rings. The SMILES string of the molecule is COc1ccc(CC(=O)Nc2ccc[nH]c2=O)cc1OC. The third-order valence-electron chi connectivity index (χ3n) is 2.90. The molecule has 21 heavy (non-hydrogen) atoms. The summed E-state index contributed by atoms with van der Waals surface area (Å²) >= 11 is 0. The number of hydrogen-bond donors (Lipinski definition) is 2. The van der Waals surface area contributed by atoms with E-state index in [1.807, 2.05) is 0 Å². The highest BCUT2D eigenvalue weighted by atomic mass is 16.5. The first-order valence-electron chi connectivity index (χ1n) is 6.32. The molecule has 0 saturated heterocycles. The van der Waals surface area contributed by atoms with Crippen LogP contribution in [0.2, 0.25) is 0 Å². The van der Waals surface area contributed by atoms with E-state index in [4.69, 9.17) is 9.47 Å². The molecule has 1 aromatic heterocycles. The molecule has 0 unspecified atom stereocenters. The monoisotopic (exact) mass is 288 g/mol. The fourth-order valence-corrected chi connectivity index (χ4v) is 1.89. The molecule has 0 radical (unpaired) electrons. The van der Waals surface area contributed by atoms with Crippen LogP contribution in [0.1, 0.15) is 5.56 Å². The van der Waals surface area contributed by atoms with Crippen LogP contribution in [0.25, 0.3) is 0 Å². The van der Waals surface area contributed by atoms with Crippen LogP contribution in [0.5, 0.6) is 11.5 Å². The van der Waals surface area contributed by atoms with Crippen LogP contribution in [0.3, 0.4) is 0 Å². The van der Waals surface area contributed by atoms with Crippen molar-refractivity contribution in [1.82, 2.24) is 4.98 Å². The van der Waals surface area contributed by atoms with E-state index in [2.05, 4.69) is 10.3 Å². The zero-order chi connectivity index (χ0) is 15.2. The molecule has 0 bridgehead atoms. The quantitative estimate of drug-likeness (QED) is 0.875. The summed E-state index contributed by atoms with van der Waals surface area (Å²) < 4.78 is 10.3. The molecule has 2 N–H and O–H groups in total. The van der Waals surface area contributed by atoms with Crippen molar-refractivity contribution in [2.45, 2.75) is 6.42 Å². The summed E-state index contributed by atoms with van der Waals surface area (Å²) in [6.45, 7) is 0. The second kappa shape index (κ2) is 6.60. The molecule has 0 aliphatic heterocycles. The maximum atomic E-state index is 12.0. The van der Waals surface area contributed by atoms with Gasteiger partial charge >= 0.3 is 0 Å². The molecule has 0 saturated carbocycles. The number of aromatic amines is 1. The van der Waals surface area contributed by atoms with Crippen LogP contribution in [-0.2, 0) is 11.2 Å². The maximum absolute atomic E-state index is 12.0. The Hall–Kier alpha value is -2.76. The number of methoxy groups -OCH3 is 2.